The number of amides is 1. The Labute approximate surface area is 166 Å². The molecule has 3 N–H and O–H groups in total. The molecular formula is C19H14BrFN4O3. The third-order valence-electron chi connectivity index (χ3n) is 4.32. The molecular weight excluding hydrogens is 431 g/mol. The molecule has 0 fully saturated rings. The van der Waals surface area contributed by atoms with Gasteiger partial charge >= 0.3 is 0 Å². The molecule has 0 aliphatic carbocycles. The van der Waals surface area contributed by atoms with Gasteiger partial charge in [0.2, 0.25) is 0 Å². The Balaban J connectivity index is 1.67. The summed E-state index contributed by atoms with van der Waals surface area (Å²) in [6.07, 6.45) is 1.76. The van der Waals surface area contributed by atoms with Crippen LogP contribution >= 0.6 is 15.9 Å². The van der Waals surface area contributed by atoms with Gasteiger partial charge in [0.25, 0.3) is 5.91 Å². The van der Waals surface area contributed by atoms with Gasteiger partial charge in [-0.3, -0.25) is 4.79 Å². The summed E-state index contributed by atoms with van der Waals surface area (Å²) in [5.41, 5.74) is 2.28. The normalized spacial score (nSPS) is 12.2. The number of rotatable bonds is 5. The zero-order chi connectivity index (χ0) is 19.7. The van der Waals surface area contributed by atoms with E-state index in [1.165, 1.54) is 24.3 Å². The lowest BCUT2D eigenvalue weighted by Crippen LogP contribution is -2.30. The van der Waals surface area contributed by atoms with E-state index in [1.54, 1.807) is 6.20 Å². The minimum Gasteiger partial charge on any atom is -0.394 e. The fourth-order valence-corrected chi connectivity index (χ4v) is 3.30. The van der Waals surface area contributed by atoms with Crippen molar-refractivity contribution in [2.45, 2.75) is 6.04 Å². The van der Waals surface area contributed by atoms with Crippen LogP contribution in [0.25, 0.3) is 22.2 Å². The number of hydrogen-bond donors (Lipinski definition) is 3. The highest BCUT2D eigenvalue weighted by Crippen LogP contribution is 2.33. The lowest BCUT2D eigenvalue weighted by Gasteiger charge is -2.14. The van der Waals surface area contributed by atoms with Crippen molar-refractivity contribution in [1.82, 2.24) is 20.7 Å². The van der Waals surface area contributed by atoms with Gasteiger partial charge in [-0.25, -0.2) is 4.39 Å². The molecule has 2 heterocycles. The van der Waals surface area contributed by atoms with Gasteiger partial charge in [-0.15, -0.1) is 5.10 Å². The summed E-state index contributed by atoms with van der Waals surface area (Å²) in [5, 5.41) is 21.0. The van der Waals surface area contributed by atoms with E-state index in [0.717, 1.165) is 20.9 Å². The number of aromatic nitrogens is 3. The van der Waals surface area contributed by atoms with Crippen molar-refractivity contribution >= 4 is 32.7 Å². The van der Waals surface area contributed by atoms with E-state index in [2.05, 4.69) is 36.6 Å². The van der Waals surface area contributed by atoms with Crippen molar-refractivity contribution in [2.24, 2.45) is 0 Å². The van der Waals surface area contributed by atoms with E-state index in [-0.39, 0.29) is 11.3 Å². The fourth-order valence-electron chi connectivity index (χ4n) is 2.94. The zero-order valence-corrected chi connectivity index (χ0v) is 15.9. The largest absolute Gasteiger partial charge is 0.394 e. The number of fused-ring (bicyclic) bond motifs is 1. The molecule has 0 saturated heterocycles. The van der Waals surface area contributed by atoms with Gasteiger partial charge in [-0.05, 0) is 42.5 Å². The maximum Gasteiger partial charge on any atom is 0.251 e. The van der Waals surface area contributed by atoms with Crippen LogP contribution in [0.3, 0.4) is 0 Å². The molecule has 4 rings (SSSR count). The number of halogens is 2. The molecule has 9 heteroatoms. The summed E-state index contributed by atoms with van der Waals surface area (Å²) in [4.78, 5) is 15.6. The number of carbonyl (C=O) groups excluding carboxylic acids is 1. The lowest BCUT2D eigenvalue weighted by molar-refractivity contribution is 0.0904. The first kappa shape index (κ1) is 18.3. The number of H-pyrrole nitrogens is 1. The number of benzene rings is 2. The lowest BCUT2D eigenvalue weighted by atomic mass is 10.1. The molecule has 1 atom stereocenters. The minimum absolute atomic E-state index is 0.221. The van der Waals surface area contributed by atoms with Gasteiger partial charge in [0.15, 0.2) is 5.76 Å². The van der Waals surface area contributed by atoms with Gasteiger partial charge in [0.1, 0.15) is 17.6 Å². The number of aliphatic hydroxyl groups excluding tert-OH is 1. The second kappa shape index (κ2) is 7.53. The van der Waals surface area contributed by atoms with Gasteiger partial charge in [0.05, 0.1) is 6.61 Å². The average molecular weight is 445 g/mol. The number of carbonyl (C=O) groups is 1. The second-order valence-electron chi connectivity index (χ2n) is 6.09. The first-order valence-corrected chi connectivity index (χ1v) is 9.12. The summed E-state index contributed by atoms with van der Waals surface area (Å²) in [6.45, 7) is -0.428. The van der Waals surface area contributed by atoms with Gasteiger partial charge in [-0.2, -0.15) is 0 Å². The molecule has 1 amide bonds. The molecule has 4 aromatic rings. The Bertz CT molecular complexity index is 1140. The first-order valence-electron chi connectivity index (χ1n) is 8.33. The molecule has 142 valence electrons. The molecule has 0 unspecified atom stereocenters. The molecule has 2 aromatic heterocycles. The predicted molar refractivity (Wildman–Crippen MR) is 103 cm³/mol. The highest BCUT2D eigenvalue weighted by atomic mass is 79.9. The number of hydrogen-bond acceptors (Lipinski definition) is 5. The van der Waals surface area contributed by atoms with Crippen molar-refractivity contribution in [3.8, 4) is 11.3 Å². The molecule has 2 aromatic carbocycles. The van der Waals surface area contributed by atoms with Crippen molar-refractivity contribution in [3.05, 3.63) is 70.3 Å². The summed E-state index contributed by atoms with van der Waals surface area (Å²) in [5.74, 6) is -0.704. The number of aromatic amines is 1. The van der Waals surface area contributed by atoms with Gasteiger partial charge in [-0.1, -0.05) is 15.9 Å². The minimum atomic E-state index is -0.875. The first-order chi connectivity index (χ1) is 13.6. The Kier molecular flexibility index (Phi) is 4.93. The van der Waals surface area contributed by atoms with Gasteiger partial charge in [0, 0.05) is 38.0 Å². The van der Waals surface area contributed by atoms with Crippen LogP contribution in [0.1, 0.15) is 22.2 Å². The number of nitrogens with zero attached hydrogens (tertiary/aromatic N) is 2. The summed E-state index contributed by atoms with van der Waals surface area (Å²) in [6, 6.07) is 9.96. The van der Waals surface area contributed by atoms with Crippen LogP contribution in [0.4, 0.5) is 4.39 Å². The van der Waals surface area contributed by atoms with E-state index in [9.17, 15) is 14.3 Å². The van der Waals surface area contributed by atoms with Crippen molar-refractivity contribution in [1.29, 1.82) is 0 Å². The van der Waals surface area contributed by atoms with Crippen LogP contribution in [0, 0.1) is 5.82 Å². The van der Waals surface area contributed by atoms with Crippen LogP contribution < -0.4 is 5.32 Å². The fraction of sp³-hybridized carbons (Fsp3) is 0.105. The van der Waals surface area contributed by atoms with E-state index < -0.39 is 24.4 Å². The topological polar surface area (TPSA) is 104 Å². The van der Waals surface area contributed by atoms with Crippen LogP contribution in [0.5, 0.6) is 0 Å². The Morgan fingerprint density at radius 3 is 2.82 bits per heavy atom. The SMILES string of the molecule is O=C(N[C@@H](CO)c1onnc1-c1c[nH]c2ccc(Br)cc12)c1ccc(F)cc1. The number of aliphatic hydroxyl groups is 1. The van der Waals surface area contributed by atoms with Crippen molar-refractivity contribution in [2.75, 3.05) is 6.61 Å². The van der Waals surface area contributed by atoms with E-state index in [0.29, 0.717) is 5.69 Å². The van der Waals surface area contributed by atoms with Crippen LogP contribution in [0.2, 0.25) is 0 Å². The zero-order valence-electron chi connectivity index (χ0n) is 14.3. The molecule has 0 aliphatic heterocycles. The molecule has 0 radical (unpaired) electrons. The van der Waals surface area contributed by atoms with Crippen molar-refractivity contribution < 1.29 is 18.8 Å². The Morgan fingerprint density at radius 2 is 2.07 bits per heavy atom. The molecule has 0 saturated carbocycles. The maximum atomic E-state index is 13.1. The van der Waals surface area contributed by atoms with Crippen LogP contribution in [0.15, 0.2) is 57.7 Å². The molecule has 7 nitrogen and oxygen atoms in total. The average Bonchev–Trinajstić information content (AvgIpc) is 3.32. The molecule has 0 aliphatic rings. The monoisotopic (exact) mass is 444 g/mol. The molecule has 0 bridgehead atoms. The number of nitrogens with one attached hydrogen (secondary N) is 2. The molecule has 0 spiro atoms. The third-order valence-corrected chi connectivity index (χ3v) is 4.82. The van der Waals surface area contributed by atoms with E-state index in [4.69, 9.17) is 4.52 Å². The summed E-state index contributed by atoms with van der Waals surface area (Å²) < 4.78 is 19.2. The van der Waals surface area contributed by atoms with Crippen LogP contribution in [-0.2, 0) is 0 Å². The summed E-state index contributed by atoms with van der Waals surface area (Å²) in [7, 11) is 0. The third kappa shape index (κ3) is 3.41. The van der Waals surface area contributed by atoms with Crippen molar-refractivity contribution in [3.63, 3.8) is 0 Å². The second-order valence-corrected chi connectivity index (χ2v) is 7.01. The highest BCUT2D eigenvalue weighted by molar-refractivity contribution is 9.10. The summed E-state index contributed by atoms with van der Waals surface area (Å²) >= 11 is 3.44. The van der Waals surface area contributed by atoms with E-state index in [1.807, 2.05) is 18.2 Å². The quantitative estimate of drug-likeness (QED) is 0.436. The highest BCUT2D eigenvalue weighted by Gasteiger charge is 2.26. The van der Waals surface area contributed by atoms with Crippen LogP contribution in [-0.4, -0.2) is 33.0 Å². The predicted octanol–water partition coefficient (Wildman–Crippen LogP) is 3.58. The standard InChI is InChI=1S/C19H14BrFN4O3/c20-11-3-6-15-13(7-11)14(8-22-15)17-18(28-25-24-17)16(9-26)23-19(27)10-1-4-12(21)5-2-10/h1-8,16,22,26H,9H2,(H,23,27)/t16-/m0/s1. The molecule has 28 heavy (non-hydrogen) atoms. The Morgan fingerprint density at radius 1 is 1.29 bits per heavy atom. The smallest absolute Gasteiger partial charge is 0.251 e. The van der Waals surface area contributed by atoms with E-state index >= 15 is 0 Å². The maximum absolute atomic E-state index is 13.1. The van der Waals surface area contributed by atoms with Gasteiger partial charge < -0.3 is 19.9 Å². The Hall–Kier alpha value is -3.04.